The van der Waals surface area contributed by atoms with Crippen molar-refractivity contribution < 1.29 is 19.3 Å². The fraction of sp³-hybridized carbons (Fsp3) is 0.310. The minimum absolute atomic E-state index is 0.197. The second kappa shape index (κ2) is 11.7. The number of pyridine rings is 1. The number of hydrogen-bond acceptors (Lipinski definition) is 8. The molecular formula is C29H28Cl2N4O4. The highest BCUT2D eigenvalue weighted by Gasteiger charge is 2.19. The van der Waals surface area contributed by atoms with Crippen molar-refractivity contribution in [3.05, 3.63) is 58.2 Å². The van der Waals surface area contributed by atoms with Gasteiger partial charge in [0, 0.05) is 48.1 Å². The number of hydrogen-bond donors (Lipinski definition) is 2. The molecule has 3 aromatic carbocycles. The summed E-state index contributed by atoms with van der Waals surface area (Å²) in [5.74, 6) is 1.73. The van der Waals surface area contributed by atoms with Crippen LogP contribution in [0.2, 0.25) is 10.0 Å². The Morgan fingerprint density at radius 3 is 2.49 bits per heavy atom. The second-order valence-electron chi connectivity index (χ2n) is 9.33. The number of fused-ring (bicyclic) bond motifs is 3. The van der Waals surface area contributed by atoms with Gasteiger partial charge in [-0.25, -0.2) is 0 Å². The summed E-state index contributed by atoms with van der Waals surface area (Å²) in [6.45, 7) is 3.02. The van der Waals surface area contributed by atoms with Gasteiger partial charge in [-0.2, -0.15) is 5.26 Å². The molecule has 202 valence electrons. The minimum atomic E-state index is -0.197. The van der Waals surface area contributed by atoms with Crippen molar-refractivity contribution in [1.29, 1.82) is 5.26 Å². The fourth-order valence-corrected chi connectivity index (χ4v) is 5.42. The van der Waals surface area contributed by atoms with Crippen LogP contribution in [0.4, 0.5) is 11.4 Å². The number of nitriles is 1. The molecule has 10 heteroatoms. The van der Waals surface area contributed by atoms with E-state index in [4.69, 9.17) is 37.4 Å². The number of nitrogens with zero attached hydrogens (tertiary/aromatic N) is 3. The topological polar surface area (TPSA) is 99.9 Å². The van der Waals surface area contributed by atoms with Crippen LogP contribution in [-0.2, 0) is 0 Å². The van der Waals surface area contributed by atoms with Crippen LogP contribution in [-0.4, -0.2) is 61.6 Å². The summed E-state index contributed by atoms with van der Waals surface area (Å²) in [7, 11) is 3.14. The fourth-order valence-electron chi connectivity index (χ4n) is 4.91. The zero-order valence-electron chi connectivity index (χ0n) is 21.6. The van der Waals surface area contributed by atoms with Gasteiger partial charge in [-0.05, 0) is 43.2 Å². The van der Waals surface area contributed by atoms with Crippen molar-refractivity contribution in [1.82, 2.24) is 9.88 Å². The van der Waals surface area contributed by atoms with Crippen molar-refractivity contribution in [3.8, 4) is 23.3 Å². The minimum Gasteiger partial charge on any atom is -0.495 e. The highest BCUT2D eigenvalue weighted by Crippen LogP contribution is 2.42. The van der Waals surface area contributed by atoms with E-state index in [2.05, 4.69) is 21.3 Å². The summed E-state index contributed by atoms with van der Waals surface area (Å²) in [6, 6.07) is 13.2. The van der Waals surface area contributed by atoms with Crippen LogP contribution in [0.5, 0.6) is 17.2 Å². The molecule has 0 radical (unpaired) electrons. The molecule has 1 aliphatic rings. The zero-order chi connectivity index (χ0) is 27.5. The highest BCUT2D eigenvalue weighted by atomic mass is 35.5. The summed E-state index contributed by atoms with van der Waals surface area (Å²) in [6.07, 6.45) is 2.93. The summed E-state index contributed by atoms with van der Waals surface area (Å²) < 4.78 is 17.2. The van der Waals surface area contributed by atoms with Crippen LogP contribution in [0.3, 0.4) is 0 Å². The number of aliphatic hydroxyl groups is 1. The summed E-state index contributed by atoms with van der Waals surface area (Å²) in [5, 5.41) is 26.1. The lowest BCUT2D eigenvalue weighted by atomic mass is 10.0. The first kappa shape index (κ1) is 27.1. The van der Waals surface area contributed by atoms with E-state index in [0.29, 0.717) is 56.4 Å². The number of aromatic nitrogens is 1. The Morgan fingerprint density at radius 1 is 1.03 bits per heavy atom. The van der Waals surface area contributed by atoms with Crippen LogP contribution in [0.15, 0.2) is 42.6 Å². The van der Waals surface area contributed by atoms with Gasteiger partial charge in [0.25, 0.3) is 0 Å². The molecule has 0 atom stereocenters. The lowest BCUT2D eigenvalue weighted by Crippen LogP contribution is -2.38. The van der Waals surface area contributed by atoms with E-state index in [1.165, 1.54) is 13.3 Å². The molecule has 1 saturated heterocycles. The quantitative estimate of drug-likeness (QED) is 0.244. The lowest BCUT2D eigenvalue weighted by molar-refractivity contribution is 0.0753. The molecule has 0 spiro atoms. The Bertz CT molecular complexity index is 1570. The Labute approximate surface area is 236 Å². The Kier molecular flexibility index (Phi) is 8.15. The average molecular weight is 567 g/mol. The van der Waals surface area contributed by atoms with Gasteiger partial charge in [-0.1, -0.05) is 23.2 Å². The SMILES string of the molecule is COc1cc(Nc2c(C#N)cnc3c2ccc2c(OC)c(OCCN4CCC(O)CC4)ccc23)c(Cl)cc1Cl. The van der Waals surface area contributed by atoms with Gasteiger partial charge in [0.1, 0.15) is 18.4 Å². The number of piperidine rings is 1. The van der Waals surface area contributed by atoms with Gasteiger partial charge in [0.2, 0.25) is 0 Å². The maximum absolute atomic E-state index is 9.83. The maximum atomic E-state index is 9.83. The number of anilines is 2. The van der Waals surface area contributed by atoms with Gasteiger partial charge in [0.15, 0.2) is 11.5 Å². The molecule has 5 rings (SSSR count). The Balaban J connectivity index is 1.49. The summed E-state index contributed by atoms with van der Waals surface area (Å²) >= 11 is 12.7. The standard InChI is InChI=1S/C29H28Cl2N4O4/c1-37-26-14-24(22(30)13-23(26)31)34-27-17(15-32)16-33-28-19-5-6-25(29(38-2)20(19)3-4-21(27)28)39-12-11-35-9-7-18(36)8-10-35/h3-6,13-14,16,18,36H,7-12H2,1-2H3,(H,33,34). The Hall–Kier alpha value is -3.48. The lowest BCUT2D eigenvalue weighted by Gasteiger charge is -2.29. The molecule has 1 aromatic heterocycles. The van der Waals surface area contributed by atoms with Crippen LogP contribution in [0, 0.1) is 11.3 Å². The third-order valence-corrected chi connectivity index (χ3v) is 7.60. The van der Waals surface area contributed by atoms with Crippen LogP contribution < -0.4 is 19.5 Å². The average Bonchev–Trinajstić information content (AvgIpc) is 2.95. The third kappa shape index (κ3) is 5.49. The number of aliphatic hydroxyl groups excluding tert-OH is 1. The van der Waals surface area contributed by atoms with Crippen LogP contribution >= 0.6 is 23.2 Å². The Morgan fingerprint density at radius 2 is 1.77 bits per heavy atom. The third-order valence-electron chi connectivity index (χ3n) is 7.00. The zero-order valence-corrected chi connectivity index (χ0v) is 23.1. The largest absolute Gasteiger partial charge is 0.495 e. The molecule has 1 aliphatic heterocycles. The molecular weight excluding hydrogens is 539 g/mol. The summed E-state index contributed by atoms with van der Waals surface area (Å²) in [4.78, 5) is 6.92. The number of ether oxygens (including phenoxy) is 3. The molecule has 0 amide bonds. The van der Waals surface area contributed by atoms with Crippen molar-refractivity contribution in [3.63, 3.8) is 0 Å². The number of benzene rings is 3. The van der Waals surface area contributed by atoms with E-state index < -0.39 is 0 Å². The first-order valence-corrected chi connectivity index (χ1v) is 13.3. The molecule has 0 unspecified atom stereocenters. The summed E-state index contributed by atoms with van der Waals surface area (Å²) in [5.41, 5.74) is 2.18. The molecule has 2 heterocycles. The predicted molar refractivity (Wildman–Crippen MR) is 154 cm³/mol. The van der Waals surface area contributed by atoms with Gasteiger partial charge in [0.05, 0.1) is 52.8 Å². The van der Waals surface area contributed by atoms with Crippen molar-refractivity contribution in [2.45, 2.75) is 18.9 Å². The van der Waals surface area contributed by atoms with Gasteiger partial charge < -0.3 is 24.6 Å². The number of nitrogens with one attached hydrogen (secondary N) is 1. The van der Waals surface area contributed by atoms with Gasteiger partial charge in [-0.15, -0.1) is 0 Å². The second-order valence-corrected chi connectivity index (χ2v) is 10.1. The van der Waals surface area contributed by atoms with E-state index in [1.54, 1.807) is 19.2 Å². The molecule has 1 fully saturated rings. The first-order valence-electron chi connectivity index (χ1n) is 12.6. The van der Waals surface area contributed by atoms with E-state index in [9.17, 15) is 10.4 Å². The molecule has 0 aliphatic carbocycles. The molecule has 2 N–H and O–H groups in total. The molecule has 0 bridgehead atoms. The number of halogens is 2. The van der Waals surface area contributed by atoms with Crippen molar-refractivity contribution in [2.75, 3.05) is 45.8 Å². The monoisotopic (exact) mass is 566 g/mol. The van der Waals surface area contributed by atoms with E-state index in [1.807, 2.05) is 24.3 Å². The van der Waals surface area contributed by atoms with Crippen LogP contribution in [0.25, 0.3) is 21.7 Å². The number of likely N-dealkylation sites (tertiary alicyclic amines) is 1. The molecule has 4 aromatic rings. The number of methoxy groups -OCH3 is 2. The smallest absolute Gasteiger partial charge is 0.168 e. The van der Waals surface area contributed by atoms with Crippen molar-refractivity contribution >= 4 is 56.3 Å². The van der Waals surface area contributed by atoms with E-state index in [0.717, 1.165) is 48.6 Å². The van der Waals surface area contributed by atoms with Gasteiger partial charge in [-0.3, -0.25) is 9.88 Å². The predicted octanol–water partition coefficient (Wildman–Crippen LogP) is 6.16. The van der Waals surface area contributed by atoms with Gasteiger partial charge >= 0.3 is 0 Å². The van der Waals surface area contributed by atoms with E-state index >= 15 is 0 Å². The molecule has 39 heavy (non-hydrogen) atoms. The normalized spacial score (nSPS) is 14.4. The first-order chi connectivity index (χ1) is 18.9. The molecule has 8 nitrogen and oxygen atoms in total. The highest BCUT2D eigenvalue weighted by molar-refractivity contribution is 6.37. The number of rotatable bonds is 8. The van der Waals surface area contributed by atoms with Crippen molar-refractivity contribution in [2.24, 2.45) is 0 Å². The van der Waals surface area contributed by atoms with Crippen LogP contribution in [0.1, 0.15) is 18.4 Å². The maximum Gasteiger partial charge on any atom is 0.168 e. The van der Waals surface area contributed by atoms with E-state index in [-0.39, 0.29) is 6.10 Å². The molecule has 0 saturated carbocycles.